The van der Waals surface area contributed by atoms with Crippen molar-refractivity contribution in [1.82, 2.24) is 25.1 Å². The van der Waals surface area contributed by atoms with E-state index >= 15 is 0 Å². The molecule has 0 saturated carbocycles. The van der Waals surface area contributed by atoms with Gasteiger partial charge in [-0.1, -0.05) is 11.6 Å². The smallest absolute Gasteiger partial charge is 0.322 e. The third-order valence-electron chi connectivity index (χ3n) is 3.97. The quantitative estimate of drug-likeness (QED) is 0.873. The number of aryl methyl sites for hydroxylation is 1. The van der Waals surface area contributed by atoms with Crippen LogP contribution >= 0.6 is 0 Å². The van der Waals surface area contributed by atoms with Gasteiger partial charge in [0.25, 0.3) is 0 Å². The van der Waals surface area contributed by atoms with Crippen molar-refractivity contribution in [1.29, 1.82) is 0 Å². The largest absolute Gasteiger partial charge is 0.497 e. The van der Waals surface area contributed by atoms with E-state index in [0.717, 1.165) is 18.7 Å². The molecule has 1 aromatic carbocycles. The molecule has 1 aromatic heterocycles. The predicted molar refractivity (Wildman–Crippen MR) is 89.4 cm³/mol. The summed E-state index contributed by atoms with van der Waals surface area (Å²) in [4.78, 5) is 14.2. The summed E-state index contributed by atoms with van der Waals surface area (Å²) in [6.45, 7) is 5.23. The lowest BCUT2D eigenvalue weighted by atomic mass is 10.1. The number of amides is 2. The highest BCUT2D eigenvalue weighted by molar-refractivity contribution is 5.90. The molecule has 1 N–H and O–H groups in total. The zero-order valence-electron chi connectivity index (χ0n) is 14.0. The highest BCUT2D eigenvalue weighted by Gasteiger charge is 2.17. The first-order valence-corrected chi connectivity index (χ1v) is 7.73. The van der Waals surface area contributed by atoms with Crippen molar-refractivity contribution in [3.05, 3.63) is 35.7 Å². The highest BCUT2D eigenvalue weighted by Crippen LogP contribution is 2.24. The topological polar surface area (TPSA) is 85.2 Å². The molecule has 0 fully saturated rings. The van der Waals surface area contributed by atoms with Crippen molar-refractivity contribution in [2.45, 2.75) is 20.3 Å². The van der Waals surface area contributed by atoms with Crippen molar-refractivity contribution < 1.29 is 9.53 Å². The fourth-order valence-electron chi connectivity index (χ4n) is 2.52. The number of rotatable bonds is 3. The number of ether oxygens (including phenoxy) is 1. The van der Waals surface area contributed by atoms with Crippen molar-refractivity contribution in [2.24, 2.45) is 0 Å². The zero-order valence-corrected chi connectivity index (χ0v) is 14.0. The van der Waals surface area contributed by atoms with Crippen molar-refractivity contribution in [2.75, 3.05) is 25.5 Å². The molecule has 126 valence electrons. The van der Waals surface area contributed by atoms with Crippen LogP contribution in [0.1, 0.15) is 19.2 Å². The molecule has 8 nitrogen and oxygen atoms in total. The van der Waals surface area contributed by atoms with Crippen molar-refractivity contribution in [3.63, 3.8) is 0 Å². The van der Waals surface area contributed by atoms with E-state index in [-0.39, 0.29) is 6.03 Å². The van der Waals surface area contributed by atoms with Gasteiger partial charge in [-0.05, 0) is 36.8 Å². The van der Waals surface area contributed by atoms with Crippen LogP contribution in [0.25, 0.3) is 5.69 Å². The van der Waals surface area contributed by atoms with Crippen LogP contribution in [0.5, 0.6) is 5.75 Å². The molecule has 24 heavy (non-hydrogen) atoms. The highest BCUT2D eigenvalue weighted by atomic mass is 16.5. The Balaban J connectivity index is 1.83. The fourth-order valence-corrected chi connectivity index (χ4v) is 2.52. The average Bonchev–Trinajstić information content (AvgIpc) is 3.01. The summed E-state index contributed by atoms with van der Waals surface area (Å²) in [5.41, 5.74) is 2.67. The number of nitrogens with one attached hydrogen (secondary N) is 1. The minimum atomic E-state index is -0.133. The fraction of sp³-hybridized carbons (Fsp3) is 0.375. The summed E-state index contributed by atoms with van der Waals surface area (Å²) in [5, 5.41) is 14.4. The number of carbonyl (C=O) groups is 1. The monoisotopic (exact) mass is 328 g/mol. The Morgan fingerprint density at radius 3 is 2.75 bits per heavy atom. The summed E-state index contributed by atoms with van der Waals surface area (Å²) < 4.78 is 6.91. The lowest BCUT2D eigenvalue weighted by molar-refractivity contribution is 0.215. The molecule has 8 heteroatoms. The molecule has 1 aliphatic rings. The Morgan fingerprint density at radius 1 is 1.29 bits per heavy atom. The van der Waals surface area contributed by atoms with Crippen LogP contribution in [0.15, 0.2) is 29.8 Å². The number of nitrogens with zero attached hydrogens (tertiary/aromatic N) is 5. The number of hydrogen-bond acceptors (Lipinski definition) is 5. The van der Waals surface area contributed by atoms with Gasteiger partial charge >= 0.3 is 6.03 Å². The Hall–Kier alpha value is -2.90. The summed E-state index contributed by atoms with van der Waals surface area (Å²) in [6, 6.07) is 5.26. The van der Waals surface area contributed by atoms with E-state index in [4.69, 9.17) is 4.74 Å². The Kier molecular flexibility index (Phi) is 4.45. The van der Waals surface area contributed by atoms with Crippen LogP contribution in [0, 0.1) is 6.92 Å². The molecule has 2 aromatic rings. The van der Waals surface area contributed by atoms with E-state index in [1.54, 1.807) is 29.7 Å². The van der Waals surface area contributed by atoms with Gasteiger partial charge in [-0.25, -0.2) is 4.79 Å². The number of hydrogen-bond donors (Lipinski definition) is 1. The van der Waals surface area contributed by atoms with Gasteiger partial charge in [-0.2, -0.15) is 4.68 Å². The number of carbonyl (C=O) groups excluding carboxylic acids is 1. The summed E-state index contributed by atoms with van der Waals surface area (Å²) >= 11 is 0. The van der Waals surface area contributed by atoms with E-state index in [2.05, 4.69) is 33.8 Å². The Morgan fingerprint density at radius 2 is 2.12 bits per heavy atom. The molecular formula is C16H20N6O2. The van der Waals surface area contributed by atoms with Crippen molar-refractivity contribution >= 4 is 11.7 Å². The molecule has 2 amide bonds. The maximum Gasteiger partial charge on any atom is 0.322 e. The van der Waals surface area contributed by atoms with Crippen LogP contribution in [-0.4, -0.2) is 51.3 Å². The third kappa shape index (κ3) is 3.37. The molecule has 0 spiro atoms. The van der Waals surface area contributed by atoms with Gasteiger partial charge in [0.05, 0.1) is 12.8 Å². The molecule has 0 atom stereocenters. The van der Waals surface area contributed by atoms with E-state index < -0.39 is 0 Å². The lowest BCUT2D eigenvalue weighted by Gasteiger charge is -2.25. The number of urea groups is 1. The van der Waals surface area contributed by atoms with Gasteiger partial charge in [0, 0.05) is 30.9 Å². The third-order valence-corrected chi connectivity index (χ3v) is 3.97. The van der Waals surface area contributed by atoms with Crippen LogP contribution < -0.4 is 10.1 Å². The number of anilines is 1. The van der Waals surface area contributed by atoms with Gasteiger partial charge < -0.3 is 15.0 Å². The average molecular weight is 328 g/mol. The van der Waals surface area contributed by atoms with E-state index in [1.165, 1.54) is 5.57 Å². The summed E-state index contributed by atoms with van der Waals surface area (Å²) in [5.74, 6) is 1.27. The molecule has 0 unspecified atom stereocenters. The van der Waals surface area contributed by atoms with Gasteiger partial charge in [0.1, 0.15) is 5.75 Å². The molecule has 2 heterocycles. The molecule has 1 aliphatic heterocycles. The molecule has 3 rings (SSSR count). The van der Waals surface area contributed by atoms with Crippen LogP contribution in [0.4, 0.5) is 10.5 Å². The van der Waals surface area contributed by atoms with E-state index in [9.17, 15) is 4.79 Å². The van der Waals surface area contributed by atoms with Crippen LogP contribution in [0.3, 0.4) is 0 Å². The SMILES string of the molecule is COc1cc(NC(=O)N2CC=C(C)CC2)cc(-n2nnnc2C)c1. The second-order valence-electron chi connectivity index (χ2n) is 5.73. The van der Waals surface area contributed by atoms with Gasteiger partial charge in [0.15, 0.2) is 5.82 Å². The van der Waals surface area contributed by atoms with E-state index in [0.29, 0.717) is 23.8 Å². The molecule has 0 saturated heterocycles. The van der Waals surface area contributed by atoms with Gasteiger partial charge in [-0.3, -0.25) is 0 Å². The number of aromatic nitrogens is 4. The van der Waals surface area contributed by atoms with Gasteiger partial charge in [-0.15, -0.1) is 5.10 Å². The molecule has 0 aliphatic carbocycles. The Bertz CT molecular complexity index is 783. The standard InChI is InChI=1S/C16H20N6O2/c1-11-4-6-21(7-5-11)16(23)17-13-8-14(10-15(9-13)24-3)22-12(2)18-19-20-22/h4,8-10H,5-7H2,1-3H3,(H,17,23). The first-order chi connectivity index (χ1) is 11.6. The number of tetrazole rings is 1. The maximum absolute atomic E-state index is 12.4. The zero-order chi connectivity index (χ0) is 17.1. The van der Waals surface area contributed by atoms with Crippen molar-refractivity contribution in [3.8, 4) is 11.4 Å². The predicted octanol–water partition coefficient (Wildman–Crippen LogP) is 2.16. The second-order valence-corrected chi connectivity index (χ2v) is 5.73. The minimum absolute atomic E-state index is 0.133. The molecule has 0 radical (unpaired) electrons. The minimum Gasteiger partial charge on any atom is -0.497 e. The summed E-state index contributed by atoms with van der Waals surface area (Å²) in [6.07, 6.45) is 2.98. The second kappa shape index (κ2) is 6.69. The number of benzene rings is 1. The number of methoxy groups -OCH3 is 1. The molecular weight excluding hydrogens is 308 g/mol. The first kappa shape index (κ1) is 16.0. The van der Waals surface area contributed by atoms with Gasteiger partial charge in [0.2, 0.25) is 0 Å². The normalized spacial score (nSPS) is 14.3. The lowest BCUT2D eigenvalue weighted by Crippen LogP contribution is -2.37. The van der Waals surface area contributed by atoms with Crippen LogP contribution in [0.2, 0.25) is 0 Å². The summed E-state index contributed by atoms with van der Waals surface area (Å²) in [7, 11) is 1.58. The van der Waals surface area contributed by atoms with E-state index in [1.807, 2.05) is 12.1 Å². The van der Waals surface area contributed by atoms with Crippen LogP contribution in [-0.2, 0) is 0 Å². The Labute approximate surface area is 140 Å². The first-order valence-electron chi connectivity index (χ1n) is 7.73. The maximum atomic E-state index is 12.4. The molecule has 0 bridgehead atoms.